The van der Waals surface area contributed by atoms with Crippen LogP contribution in [0, 0.1) is 12.8 Å². The molecule has 0 aromatic carbocycles. The second kappa shape index (κ2) is 6.03. The largest absolute Gasteiger partial charge is 0.373 e. The molecule has 0 spiro atoms. The Bertz CT molecular complexity index is 565. The Morgan fingerprint density at radius 3 is 3.15 bits per heavy atom. The SMILES string of the molecule is Cc1ncsc1CNC[C@H]1CCO[C@@H]1c1cnn(C)c1. The minimum Gasteiger partial charge on any atom is -0.373 e. The molecule has 20 heavy (non-hydrogen) atoms. The van der Waals surface area contributed by atoms with Crippen molar-refractivity contribution in [2.75, 3.05) is 13.2 Å². The number of thiazole rings is 1. The number of aryl methyl sites for hydroxylation is 2. The normalized spacial score (nSPS) is 22.5. The van der Waals surface area contributed by atoms with E-state index >= 15 is 0 Å². The van der Waals surface area contributed by atoms with Crippen molar-refractivity contribution in [2.45, 2.75) is 26.0 Å². The zero-order chi connectivity index (χ0) is 13.9. The van der Waals surface area contributed by atoms with Gasteiger partial charge in [-0.2, -0.15) is 5.10 Å². The summed E-state index contributed by atoms with van der Waals surface area (Å²) in [6.45, 7) is 4.76. The van der Waals surface area contributed by atoms with Crippen molar-refractivity contribution in [1.29, 1.82) is 0 Å². The highest BCUT2D eigenvalue weighted by Gasteiger charge is 2.30. The van der Waals surface area contributed by atoms with Crippen molar-refractivity contribution in [3.05, 3.63) is 34.0 Å². The maximum atomic E-state index is 5.87. The fourth-order valence-corrected chi connectivity index (χ4v) is 3.41. The number of aromatic nitrogens is 3. The van der Waals surface area contributed by atoms with E-state index in [1.165, 1.54) is 10.4 Å². The molecule has 0 amide bonds. The molecule has 0 aliphatic carbocycles. The summed E-state index contributed by atoms with van der Waals surface area (Å²) in [5.74, 6) is 0.521. The Morgan fingerprint density at radius 2 is 2.45 bits per heavy atom. The van der Waals surface area contributed by atoms with Crippen LogP contribution in [0.15, 0.2) is 17.9 Å². The van der Waals surface area contributed by atoms with Gasteiger partial charge in [-0.25, -0.2) is 4.98 Å². The van der Waals surface area contributed by atoms with E-state index in [-0.39, 0.29) is 6.10 Å². The van der Waals surface area contributed by atoms with Gasteiger partial charge in [0, 0.05) is 49.3 Å². The van der Waals surface area contributed by atoms with E-state index in [9.17, 15) is 0 Å². The molecular weight excluding hydrogens is 272 g/mol. The van der Waals surface area contributed by atoms with Crippen LogP contribution in [-0.4, -0.2) is 27.9 Å². The third-order valence-electron chi connectivity index (χ3n) is 3.80. The van der Waals surface area contributed by atoms with Crippen molar-refractivity contribution >= 4 is 11.3 Å². The maximum Gasteiger partial charge on any atom is 0.0896 e. The first kappa shape index (κ1) is 13.7. The molecule has 0 unspecified atom stereocenters. The number of hydrogen-bond donors (Lipinski definition) is 1. The molecule has 2 aromatic heterocycles. The molecule has 3 heterocycles. The van der Waals surface area contributed by atoms with Crippen LogP contribution in [0.2, 0.25) is 0 Å². The van der Waals surface area contributed by atoms with Crippen molar-refractivity contribution < 1.29 is 4.74 Å². The van der Waals surface area contributed by atoms with Crippen LogP contribution in [0.4, 0.5) is 0 Å². The van der Waals surface area contributed by atoms with Crippen molar-refractivity contribution in [3.63, 3.8) is 0 Å². The molecule has 2 atom stereocenters. The lowest BCUT2D eigenvalue weighted by Gasteiger charge is -2.17. The van der Waals surface area contributed by atoms with E-state index in [1.54, 1.807) is 11.3 Å². The molecule has 0 bridgehead atoms. The summed E-state index contributed by atoms with van der Waals surface area (Å²) in [7, 11) is 1.94. The Labute approximate surface area is 123 Å². The van der Waals surface area contributed by atoms with Gasteiger partial charge >= 0.3 is 0 Å². The summed E-state index contributed by atoms with van der Waals surface area (Å²) in [5.41, 5.74) is 4.23. The van der Waals surface area contributed by atoms with Gasteiger partial charge in [0.1, 0.15) is 0 Å². The summed E-state index contributed by atoms with van der Waals surface area (Å²) in [5, 5.41) is 7.78. The molecule has 1 saturated heterocycles. The average Bonchev–Trinajstić information content (AvgIpc) is 3.12. The third kappa shape index (κ3) is 2.92. The van der Waals surface area contributed by atoms with Gasteiger partial charge in [0.15, 0.2) is 0 Å². The molecule has 1 aliphatic rings. The number of nitrogens with one attached hydrogen (secondary N) is 1. The molecule has 5 nitrogen and oxygen atoms in total. The number of rotatable bonds is 5. The van der Waals surface area contributed by atoms with E-state index in [4.69, 9.17) is 4.74 Å². The first-order chi connectivity index (χ1) is 9.74. The predicted molar refractivity (Wildman–Crippen MR) is 78.6 cm³/mol. The van der Waals surface area contributed by atoms with Crippen molar-refractivity contribution in [2.24, 2.45) is 13.0 Å². The molecule has 1 aliphatic heterocycles. The fourth-order valence-electron chi connectivity index (χ4n) is 2.67. The Hall–Kier alpha value is -1.24. The summed E-state index contributed by atoms with van der Waals surface area (Å²) >= 11 is 1.71. The number of ether oxygens (including phenoxy) is 1. The monoisotopic (exact) mass is 292 g/mol. The van der Waals surface area contributed by atoms with Crippen LogP contribution in [0.1, 0.15) is 28.7 Å². The number of hydrogen-bond acceptors (Lipinski definition) is 5. The smallest absolute Gasteiger partial charge is 0.0896 e. The summed E-state index contributed by atoms with van der Waals surface area (Å²) in [6, 6.07) is 0. The molecular formula is C14H20N4OS. The summed E-state index contributed by atoms with van der Waals surface area (Å²) < 4.78 is 7.71. The quantitative estimate of drug-likeness (QED) is 0.916. The molecule has 2 aromatic rings. The Balaban J connectivity index is 1.55. The van der Waals surface area contributed by atoms with E-state index in [0.717, 1.165) is 31.8 Å². The third-order valence-corrected chi connectivity index (χ3v) is 4.74. The first-order valence-electron chi connectivity index (χ1n) is 6.94. The van der Waals surface area contributed by atoms with E-state index in [1.807, 2.05) is 23.4 Å². The molecule has 1 N–H and O–H groups in total. The van der Waals surface area contributed by atoms with Crippen LogP contribution >= 0.6 is 11.3 Å². The molecule has 108 valence electrons. The van der Waals surface area contributed by atoms with E-state index in [0.29, 0.717) is 5.92 Å². The first-order valence-corrected chi connectivity index (χ1v) is 7.82. The lowest BCUT2D eigenvalue weighted by atomic mass is 9.97. The van der Waals surface area contributed by atoms with Gasteiger partial charge in [-0.15, -0.1) is 11.3 Å². The van der Waals surface area contributed by atoms with Gasteiger partial charge in [-0.05, 0) is 13.3 Å². The minimum atomic E-state index is 0.179. The van der Waals surface area contributed by atoms with Crippen molar-refractivity contribution in [1.82, 2.24) is 20.1 Å². The highest BCUT2D eigenvalue weighted by Crippen LogP contribution is 2.33. The van der Waals surface area contributed by atoms with Gasteiger partial charge < -0.3 is 10.1 Å². The summed E-state index contributed by atoms with van der Waals surface area (Å²) in [6.07, 6.45) is 5.25. The van der Waals surface area contributed by atoms with Crippen LogP contribution in [0.5, 0.6) is 0 Å². The second-order valence-corrected chi connectivity index (χ2v) is 6.22. The topological polar surface area (TPSA) is 52.0 Å². The van der Waals surface area contributed by atoms with Crippen LogP contribution in [-0.2, 0) is 18.3 Å². The molecule has 0 radical (unpaired) electrons. The van der Waals surface area contributed by atoms with E-state index < -0.39 is 0 Å². The lowest BCUT2D eigenvalue weighted by Crippen LogP contribution is -2.24. The van der Waals surface area contributed by atoms with Crippen LogP contribution < -0.4 is 5.32 Å². The van der Waals surface area contributed by atoms with Gasteiger partial charge in [-0.1, -0.05) is 0 Å². The van der Waals surface area contributed by atoms with Gasteiger partial charge in [0.2, 0.25) is 0 Å². The number of nitrogens with zero attached hydrogens (tertiary/aromatic N) is 3. The van der Waals surface area contributed by atoms with Gasteiger partial charge in [-0.3, -0.25) is 4.68 Å². The van der Waals surface area contributed by atoms with Crippen LogP contribution in [0.25, 0.3) is 0 Å². The average molecular weight is 292 g/mol. The fraction of sp³-hybridized carbons (Fsp3) is 0.571. The lowest BCUT2D eigenvalue weighted by molar-refractivity contribution is 0.0904. The predicted octanol–water partition coefficient (Wildman–Crippen LogP) is 2.05. The molecule has 1 fully saturated rings. The van der Waals surface area contributed by atoms with Gasteiger partial charge in [0.25, 0.3) is 0 Å². The van der Waals surface area contributed by atoms with Crippen LogP contribution in [0.3, 0.4) is 0 Å². The van der Waals surface area contributed by atoms with E-state index in [2.05, 4.69) is 28.5 Å². The minimum absolute atomic E-state index is 0.179. The highest BCUT2D eigenvalue weighted by atomic mass is 32.1. The van der Waals surface area contributed by atoms with Crippen molar-refractivity contribution in [3.8, 4) is 0 Å². The standard InChI is InChI=1S/C14H20N4OS/c1-10-13(20-9-16-10)7-15-5-11-3-4-19-14(11)12-6-17-18(2)8-12/h6,8-9,11,14-15H,3-5,7H2,1-2H3/t11-,14+/m1/s1. The molecule has 0 saturated carbocycles. The zero-order valence-electron chi connectivity index (χ0n) is 11.9. The highest BCUT2D eigenvalue weighted by molar-refractivity contribution is 7.09. The molecule has 3 rings (SSSR count). The maximum absolute atomic E-state index is 5.87. The zero-order valence-corrected chi connectivity index (χ0v) is 12.7. The molecule has 6 heteroatoms. The Morgan fingerprint density at radius 1 is 1.55 bits per heavy atom. The summed E-state index contributed by atoms with van der Waals surface area (Å²) in [4.78, 5) is 5.60. The Kier molecular flexibility index (Phi) is 4.14. The second-order valence-electron chi connectivity index (χ2n) is 5.28. The van der Waals surface area contributed by atoms with Gasteiger partial charge in [0.05, 0.1) is 23.5 Å².